The van der Waals surface area contributed by atoms with E-state index in [0.717, 1.165) is 32.1 Å². The van der Waals surface area contributed by atoms with Crippen LogP contribution in [0.2, 0.25) is 0 Å². The molecule has 0 bridgehead atoms. The first-order chi connectivity index (χ1) is 28.2. The van der Waals surface area contributed by atoms with Crippen molar-refractivity contribution in [1.29, 1.82) is 0 Å². The number of aliphatic hydroxyl groups is 2. The van der Waals surface area contributed by atoms with Crippen molar-refractivity contribution >= 4 is 5.91 Å². The SMILES string of the molecule is CCCCCCCCC/C=C\CCCCCCCC(=O)NC(CO)C(O)/C=C/CCCCCCCCCCCCCCCCCCCCCCCCCCCCC. The van der Waals surface area contributed by atoms with Crippen molar-refractivity contribution in [2.75, 3.05) is 6.61 Å². The van der Waals surface area contributed by atoms with Gasteiger partial charge in [-0.3, -0.25) is 4.79 Å². The Hall–Kier alpha value is -1.13. The summed E-state index contributed by atoms with van der Waals surface area (Å²) in [5, 5.41) is 23.1. The summed E-state index contributed by atoms with van der Waals surface area (Å²) in [5.74, 6) is -0.0691. The Balaban J connectivity index is 3.47. The topological polar surface area (TPSA) is 69.6 Å². The van der Waals surface area contributed by atoms with Crippen molar-refractivity contribution in [2.24, 2.45) is 0 Å². The molecule has 0 aromatic heterocycles. The summed E-state index contributed by atoms with van der Waals surface area (Å²) >= 11 is 0. The zero-order valence-corrected chi connectivity index (χ0v) is 38.9. The molecule has 0 radical (unpaired) electrons. The minimum atomic E-state index is -0.841. The summed E-state index contributed by atoms with van der Waals surface area (Å²) in [4.78, 5) is 12.4. The van der Waals surface area contributed by atoms with Gasteiger partial charge in [-0.25, -0.2) is 0 Å². The molecule has 0 spiro atoms. The van der Waals surface area contributed by atoms with Gasteiger partial charge in [-0.15, -0.1) is 0 Å². The molecule has 0 aliphatic rings. The van der Waals surface area contributed by atoms with Gasteiger partial charge >= 0.3 is 0 Å². The Kier molecular flexibility index (Phi) is 48.3. The summed E-state index contributed by atoms with van der Waals surface area (Å²) in [5.41, 5.74) is 0. The van der Waals surface area contributed by atoms with Crippen molar-refractivity contribution in [3.05, 3.63) is 24.3 Å². The largest absolute Gasteiger partial charge is 0.394 e. The highest BCUT2D eigenvalue weighted by molar-refractivity contribution is 5.76. The van der Waals surface area contributed by atoms with Crippen molar-refractivity contribution in [2.45, 2.75) is 302 Å². The molecular weight excluding hydrogens is 699 g/mol. The molecule has 2 unspecified atom stereocenters. The molecule has 1 amide bonds. The number of aliphatic hydroxyl groups excluding tert-OH is 2. The molecule has 2 atom stereocenters. The number of nitrogens with one attached hydrogen (secondary N) is 1. The molecule has 0 rings (SSSR count). The maximum absolute atomic E-state index is 12.4. The molecule has 4 heteroatoms. The zero-order chi connectivity index (χ0) is 41.4. The molecule has 0 saturated carbocycles. The van der Waals surface area contributed by atoms with Crippen LogP contribution < -0.4 is 5.32 Å². The fourth-order valence-electron chi connectivity index (χ4n) is 8.18. The predicted octanol–water partition coefficient (Wildman–Crippen LogP) is 16.8. The van der Waals surface area contributed by atoms with E-state index in [-0.39, 0.29) is 12.5 Å². The van der Waals surface area contributed by atoms with Crippen LogP contribution in [0.3, 0.4) is 0 Å². The van der Waals surface area contributed by atoms with Crippen LogP contribution in [0.15, 0.2) is 24.3 Å². The Morgan fingerprint density at radius 1 is 0.404 bits per heavy atom. The predicted molar refractivity (Wildman–Crippen MR) is 253 cm³/mol. The lowest BCUT2D eigenvalue weighted by molar-refractivity contribution is -0.123. The van der Waals surface area contributed by atoms with Crippen LogP contribution in [0.25, 0.3) is 0 Å². The highest BCUT2D eigenvalue weighted by Crippen LogP contribution is 2.17. The third-order valence-electron chi connectivity index (χ3n) is 12.2. The second kappa shape index (κ2) is 49.2. The van der Waals surface area contributed by atoms with E-state index in [0.29, 0.717) is 6.42 Å². The van der Waals surface area contributed by atoms with Crippen molar-refractivity contribution < 1.29 is 15.0 Å². The number of hydrogen-bond donors (Lipinski definition) is 3. The molecule has 0 saturated heterocycles. The number of rotatable bonds is 48. The minimum Gasteiger partial charge on any atom is -0.394 e. The molecule has 3 N–H and O–H groups in total. The molecule has 0 fully saturated rings. The van der Waals surface area contributed by atoms with Gasteiger partial charge in [-0.05, 0) is 44.9 Å². The van der Waals surface area contributed by atoms with Crippen LogP contribution in [0.1, 0.15) is 290 Å². The van der Waals surface area contributed by atoms with Crippen LogP contribution in [0.5, 0.6) is 0 Å². The van der Waals surface area contributed by atoms with E-state index in [9.17, 15) is 15.0 Å². The van der Waals surface area contributed by atoms with Gasteiger partial charge in [0.15, 0.2) is 0 Å². The van der Waals surface area contributed by atoms with Crippen molar-refractivity contribution in [3.8, 4) is 0 Å². The number of allylic oxidation sites excluding steroid dienone is 3. The fraction of sp³-hybridized carbons (Fsp3) is 0.906. The maximum Gasteiger partial charge on any atom is 0.220 e. The lowest BCUT2D eigenvalue weighted by atomic mass is 10.0. The summed E-state index contributed by atoms with van der Waals surface area (Å²) in [7, 11) is 0. The number of hydrogen-bond acceptors (Lipinski definition) is 3. The Bertz CT molecular complexity index is 825. The Morgan fingerprint density at radius 3 is 0.965 bits per heavy atom. The van der Waals surface area contributed by atoms with Gasteiger partial charge in [-0.2, -0.15) is 0 Å². The van der Waals surface area contributed by atoms with Gasteiger partial charge in [-0.1, -0.05) is 263 Å². The van der Waals surface area contributed by atoms with E-state index >= 15 is 0 Å². The third kappa shape index (κ3) is 45.8. The summed E-state index contributed by atoms with van der Waals surface area (Å²) < 4.78 is 0. The monoisotopic (exact) mass is 802 g/mol. The lowest BCUT2D eigenvalue weighted by Gasteiger charge is -2.20. The maximum atomic E-state index is 12.4. The molecule has 0 aliphatic carbocycles. The number of carbonyl (C=O) groups excluding carboxylic acids is 1. The summed E-state index contributed by atoms with van der Waals surface area (Å²) in [6.45, 7) is 4.33. The smallest absolute Gasteiger partial charge is 0.220 e. The van der Waals surface area contributed by atoms with Crippen molar-refractivity contribution in [1.82, 2.24) is 5.32 Å². The molecule has 0 aromatic rings. The van der Waals surface area contributed by atoms with Crippen LogP contribution >= 0.6 is 0 Å². The molecule has 0 aromatic carbocycles. The second-order valence-corrected chi connectivity index (χ2v) is 17.9. The first-order valence-electron chi connectivity index (χ1n) is 26.1. The first-order valence-corrected chi connectivity index (χ1v) is 26.1. The van der Waals surface area contributed by atoms with Gasteiger partial charge in [0.2, 0.25) is 5.91 Å². The van der Waals surface area contributed by atoms with Crippen LogP contribution in [-0.2, 0) is 4.79 Å². The van der Waals surface area contributed by atoms with Gasteiger partial charge < -0.3 is 15.5 Å². The van der Waals surface area contributed by atoms with Crippen molar-refractivity contribution in [3.63, 3.8) is 0 Å². The fourth-order valence-corrected chi connectivity index (χ4v) is 8.18. The molecule has 0 aliphatic heterocycles. The highest BCUT2D eigenvalue weighted by Gasteiger charge is 2.18. The van der Waals surface area contributed by atoms with E-state index in [2.05, 4.69) is 31.3 Å². The van der Waals surface area contributed by atoms with E-state index in [1.807, 2.05) is 6.08 Å². The lowest BCUT2D eigenvalue weighted by Crippen LogP contribution is -2.45. The molecule has 4 nitrogen and oxygen atoms in total. The molecule has 338 valence electrons. The van der Waals surface area contributed by atoms with Gasteiger partial charge in [0.1, 0.15) is 0 Å². The van der Waals surface area contributed by atoms with Gasteiger partial charge in [0.05, 0.1) is 18.8 Å². The quantitative estimate of drug-likeness (QED) is 0.0424. The Morgan fingerprint density at radius 2 is 0.667 bits per heavy atom. The summed E-state index contributed by atoms with van der Waals surface area (Å²) in [6.07, 6.45) is 64.7. The number of amides is 1. The normalized spacial score (nSPS) is 13.0. The van der Waals surface area contributed by atoms with E-state index in [4.69, 9.17) is 0 Å². The van der Waals surface area contributed by atoms with Crippen LogP contribution in [0, 0.1) is 0 Å². The van der Waals surface area contributed by atoms with Gasteiger partial charge in [0, 0.05) is 6.42 Å². The third-order valence-corrected chi connectivity index (χ3v) is 12.2. The Labute approximate surface area is 358 Å². The summed E-state index contributed by atoms with van der Waals surface area (Å²) in [6, 6.07) is -0.625. The molecule has 0 heterocycles. The number of carbonyl (C=O) groups is 1. The average Bonchev–Trinajstić information content (AvgIpc) is 3.22. The van der Waals surface area contributed by atoms with E-state index < -0.39 is 12.1 Å². The molecule has 57 heavy (non-hydrogen) atoms. The molecular formula is C53H103NO3. The van der Waals surface area contributed by atoms with E-state index in [1.165, 1.54) is 238 Å². The number of unbranched alkanes of at least 4 members (excludes halogenated alkanes) is 39. The highest BCUT2D eigenvalue weighted by atomic mass is 16.3. The van der Waals surface area contributed by atoms with Gasteiger partial charge in [0.25, 0.3) is 0 Å². The van der Waals surface area contributed by atoms with E-state index in [1.54, 1.807) is 6.08 Å². The van der Waals surface area contributed by atoms with Crippen LogP contribution in [0.4, 0.5) is 0 Å². The standard InChI is InChI=1S/C53H103NO3/c1-3-5-7-9-11-13-15-17-19-21-22-23-24-25-26-27-28-29-30-31-32-33-34-36-38-40-42-44-46-48-52(56)51(50-55)54-53(57)49-47-45-43-41-39-37-35-20-18-16-14-12-10-8-6-4-2/h20,35,46,48,51-52,55-56H,3-19,21-34,36-45,47,49-50H2,1-2H3,(H,54,57)/b35-20-,48-46+. The zero-order valence-electron chi connectivity index (χ0n) is 38.9. The average molecular weight is 802 g/mol. The van der Waals surface area contributed by atoms with Crippen LogP contribution in [-0.4, -0.2) is 34.9 Å². The first kappa shape index (κ1) is 55.9. The minimum absolute atomic E-state index is 0.0691. The second-order valence-electron chi connectivity index (χ2n) is 17.9.